The molecule has 1 aromatic carbocycles. The van der Waals surface area contributed by atoms with Gasteiger partial charge in [0.1, 0.15) is 5.82 Å². The number of hydrogen-bond acceptors (Lipinski definition) is 4. The van der Waals surface area contributed by atoms with Crippen molar-refractivity contribution in [1.29, 1.82) is 0 Å². The molecule has 2 amide bonds. The van der Waals surface area contributed by atoms with Gasteiger partial charge in [-0.3, -0.25) is 9.59 Å². The van der Waals surface area contributed by atoms with Gasteiger partial charge < -0.3 is 15.5 Å². The van der Waals surface area contributed by atoms with Crippen LogP contribution in [0, 0.1) is 5.92 Å². The summed E-state index contributed by atoms with van der Waals surface area (Å²) in [6.45, 7) is 1.87. The molecule has 1 aliphatic heterocycles. The van der Waals surface area contributed by atoms with Crippen LogP contribution in [0.25, 0.3) is 0 Å². The molecule has 3 rings (SSSR count). The SMILES string of the molecule is CC(=O)Nc1ccc(NC(=O)C2CCCN(c3ncccc3C(F)(F)F)C2)c(Cl)c1. The molecule has 1 unspecified atom stereocenters. The Balaban J connectivity index is 1.72. The van der Waals surface area contributed by atoms with Crippen molar-refractivity contribution < 1.29 is 22.8 Å². The first-order chi connectivity index (χ1) is 14.1. The standard InChI is InChI=1S/C20H20ClF3N4O2/c1-12(29)26-14-6-7-17(16(21)10-14)27-19(30)13-4-3-9-28(11-13)18-15(20(22,23)24)5-2-8-25-18/h2,5-8,10,13H,3-4,9,11H2,1H3,(H,26,29)(H,27,30). The molecule has 2 heterocycles. The highest BCUT2D eigenvalue weighted by Crippen LogP contribution is 2.36. The van der Waals surface area contributed by atoms with Crippen molar-refractivity contribution in [3.8, 4) is 0 Å². The van der Waals surface area contributed by atoms with Crippen molar-refractivity contribution in [3.63, 3.8) is 0 Å². The fourth-order valence-electron chi connectivity index (χ4n) is 3.39. The van der Waals surface area contributed by atoms with E-state index in [2.05, 4.69) is 15.6 Å². The van der Waals surface area contributed by atoms with E-state index in [-0.39, 0.29) is 29.2 Å². The normalized spacial score (nSPS) is 16.8. The second kappa shape index (κ2) is 8.91. The average molecular weight is 441 g/mol. The van der Waals surface area contributed by atoms with E-state index < -0.39 is 17.7 Å². The fourth-order valence-corrected chi connectivity index (χ4v) is 3.61. The van der Waals surface area contributed by atoms with E-state index >= 15 is 0 Å². The van der Waals surface area contributed by atoms with Crippen LogP contribution in [0.5, 0.6) is 0 Å². The number of benzene rings is 1. The molecule has 2 aromatic rings. The molecule has 0 saturated carbocycles. The highest BCUT2D eigenvalue weighted by molar-refractivity contribution is 6.34. The van der Waals surface area contributed by atoms with Gasteiger partial charge in [0, 0.05) is 31.9 Å². The minimum atomic E-state index is -4.53. The molecule has 1 aliphatic rings. The first-order valence-electron chi connectivity index (χ1n) is 9.30. The Morgan fingerprint density at radius 2 is 2.00 bits per heavy atom. The second-order valence-electron chi connectivity index (χ2n) is 7.02. The number of nitrogens with zero attached hydrogens (tertiary/aromatic N) is 2. The summed E-state index contributed by atoms with van der Waals surface area (Å²) in [6.07, 6.45) is -2.12. The molecule has 0 aliphatic carbocycles. The van der Waals surface area contributed by atoms with Crippen molar-refractivity contribution in [1.82, 2.24) is 4.98 Å². The number of nitrogens with one attached hydrogen (secondary N) is 2. The Morgan fingerprint density at radius 1 is 1.23 bits per heavy atom. The Bertz CT molecular complexity index is 952. The molecule has 6 nitrogen and oxygen atoms in total. The zero-order valence-corrected chi connectivity index (χ0v) is 16.8. The largest absolute Gasteiger partial charge is 0.419 e. The molecule has 160 valence electrons. The topological polar surface area (TPSA) is 74.3 Å². The lowest BCUT2D eigenvalue weighted by molar-refractivity contribution is -0.137. The van der Waals surface area contributed by atoms with Gasteiger partial charge in [0.15, 0.2) is 0 Å². The number of rotatable bonds is 4. The number of piperidine rings is 1. The van der Waals surface area contributed by atoms with Crippen LogP contribution in [0.3, 0.4) is 0 Å². The third-order valence-electron chi connectivity index (χ3n) is 4.73. The van der Waals surface area contributed by atoms with Crippen molar-refractivity contribution in [3.05, 3.63) is 47.1 Å². The monoisotopic (exact) mass is 440 g/mol. The minimum absolute atomic E-state index is 0.119. The number of carbonyl (C=O) groups is 2. The summed E-state index contributed by atoms with van der Waals surface area (Å²) in [5.74, 6) is -1.27. The van der Waals surface area contributed by atoms with Gasteiger partial charge in [-0.05, 0) is 43.2 Å². The number of amides is 2. The maximum absolute atomic E-state index is 13.3. The summed E-state index contributed by atoms with van der Waals surface area (Å²) in [6, 6.07) is 6.90. The van der Waals surface area contributed by atoms with Gasteiger partial charge in [-0.2, -0.15) is 13.2 Å². The number of carbonyl (C=O) groups excluding carboxylic acids is 2. The summed E-state index contributed by atoms with van der Waals surface area (Å²) in [7, 11) is 0. The van der Waals surface area contributed by atoms with Crippen LogP contribution < -0.4 is 15.5 Å². The molecule has 0 bridgehead atoms. The second-order valence-corrected chi connectivity index (χ2v) is 7.43. The van der Waals surface area contributed by atoms with Gasteiger partial charge in [0.2, 0.25) is 11.8 Å². The molecule has 30 heavy (non-hydrogen) atoms. The Morgan fingerprint density at radius 3 is 2.67 bits per heavy atom. The summed E-state index contributed by atoms with van der Waals surface area (Å²) in [5.41, 5.74) is 0.0357. The lowest BCUT2D eigenvalue weighted by Crippen LogP contribution is -2.42. The Labute approximate surface area is 176 Å². The molecule has 0 spiro atoms. The zero-order chi connectivity index (χ0) is 21.9. The molecular formula is C20H20ClF3N4O2. The number of anilines is 3. The van der Waals surface area contributed by atoms with Gasteiger partial charge in [0.05, 0.1) is 22.2 Å². The molecule has 2 N–H and O–H groups in total. The van der Waals surface area contributed by atoms with Crippen LogP contribution in [0.2, 0.25) is 5.02 Å². The van der Waals surface area contributed by atoms with Crippen LogP contribution in [0.15, 0.2) is 36.5 Å². The van der Waals surface area contributed by atoms with Crippen molar-refractivity contribution >= 4 is 40.6 Å². The van der Waals surface area contributed by atoms with Gasteiger partial charge in [0.25, 0.3) is 0 Å². The van der Waals surface area contributed by atoms with E-state index in [1.54, 1.807) is 12.1 Å². The number of pyridine rings is 1. The molecule has 1 aromatic heterocycles. The molecule has 10 heteroatoms. The first-order valence-corrected chi connectivity index (χ1v) is 9.68. The summed E-state index contributed by atoms with van der Waals surface area (Å²) < 4.78 is 39.9. The minimum Gasteiger partial charge on any atom is -0.355 e. The van der Waals surface area contributed by atoms with Crippen LogP contribution in [-0.4, -0.2) is 29.9 Å². The van der Waals surface area contributed by atoms with E-state index in [0.29, 0.717) is 30.8 Å². The molecular weight excluding hydrogens is 421 g/mol. The van der Waals surface area contributed by atoms with E-state index in [1.807, 2.05) is 0 Å². The molecule has 0 radical (unpaired) electrons. The Kier molecular flexibility index (Phi) is 6.50. The van der Waals surface area contributed by atoms with E-state index in [1.165, 1.54) is 30.2 Å². The summed E-state index contributed by atoms with van der Waals surface area (Å²) in [5, 5.41) is 5.56. The lowest BCUT2D eigenvalue weighted by atomic mass is 9.96. The first kappa shape index (κ1) is 21.9. The third-order valence-corrected chi connectivity index (χ3v) is 5.04. The number of hydrogen-bond donors (Lipinski definition) is 2. The van der Waals surface area contributed by atoms with Crippen LogP contribution in [0.1, 0.15) is 25.3 Å². The maximum atomic E-state index is 13.3. The van der Waals surface area contributed by atoms with E-state index in [9.17, 15) is 22.8 Å². The number of alkyl halides is 3. The van der Waals surface area contributed by atoms with Crippen LogP contribution in [0.4, 0.5) is 30.4 Å². The highest BCUT2D eigenvalue weighted by Gasteiger charge is 2.37. The smallest absolute Gasteiger partial charge is 0.355 e. The van der Waals surface area contributed by atoms with E-state index in [4.69, 9.17) is 11.6 Å². The maximum Gasteiger partial charge on any atom is 0.419 e. The predicted molar refractivity (Wildman–Crippen MR) is 109 cm³/mol. The van der Waals surface area contributed by atoms with Crippen molar-refractivity contribution in [2.24, 2.45) is 5.92 Å². The van der Waals surface area contributed by atoms with Crippen molar-refractivity contribution in [2.45, 2.75) is 25.9 Å². The highest BCUT2D eigenvalue weighted by atomic mass is 35.5. The summed E-state index contributed by atoms with van der Waals surface area (Å²) in [4.78, 5) is 29.3. The van der Waals surface area contributed by atoms with Crippen molar-refractivity contribution in [2.75, 3.05) is 28.6 Å². The molecule has 1 saturated heterocycles. The van der Waals surface area contributed by atoms with Gasteiger partial charge >= 0.3 is 6.18 Å². The quantitative estimate of drug-likeness (QED) is 0.730. The molecule has 1 fully saturated rings. The molecule has 1 atom stereocenters. The third kappa shape index (κ3) is 5.21. The van der Waals surface area contributed by atoms with Gasteiger partial charge in [-0.15, -0.1) is 0 Å². The Hall–Kier alpha value is -2.81. The average Bonchev–Trinajstić information content (AvgIpc) is 2.69. The van der Waals surface area contributed by atoms with Crippen LogP contribution >= 0.6 is 11.6 Å². The summed E-state index contributed by atoms with van der Waals surface area (Å²) >= 11 is 6.18. The van der Waals surface area contributed by atoms with Crippen LogP contribution in [-0.2, 0) is 15.8 Å². The van der Waals surface area contributed by atoms with Gasteiger partial charge in [-0.25, -0.2) is 4.98 Å². The zero-order valence-electron chi connectivity index (χ0n) is 16.1. The van der Waals surface area contributed by atoms with E-state index in [0.717, 1.165) is 6.07 Å². The predicted octanol–water partition coefficient (Wildman–Crippen LogP) is 4.57. The number of halogens is 4. The number of aromatic nitrogens is 1. The lowest BCUT2D eigenvalue weighted by Gasteiger charge is -2.34. The van der Waals surface area contributed by atoms with Gasteiger partial charge in [-0.1, -0.05) is 11.6 Å². The fraction of sp³-hybridized carbons (Fsp3) is 0.350.